The summed E-state index contributed by atoms with van der Waals surface area (Å²) in [7, 11) is 0. The van der Waals surface area contributed by atoms with Crippen molar-refractivity contribution in [2.75, 3.05) is 5.32 Å². The molecule has 0 radical (unpaired) electrons. The summed E-state index contributed by atoms with van der Waals surface area (Å²) in [6.45, 7) is 3.69. The number of nitro groups is 1. The zero-order chi connectivity index (χ0) is 17.1. The van der Waals surface area contributed by atoms with E-state index >= 15 is 0 Å². The van der Waals surface area contributed by atoms with E-state index in [-0.39, 0.29) is 11.7 Å². The minimum Gasteiger partial charge on any atom is -0.361 e. The van der Waals surface area contributed by atoms with Crippen molar-refractivity contribution in [1.82, 2.24) is 9.97 Å². The zero-order valence-corrected chi connectivity index (χ0v) is 14.1. The Hall–Kier alpha value is -2.80. The number of thiazole rings is 1. The number of aryl methyl sites for hydroxylation is 1. The van der Waals surface area contributed by atoms with E-state index in [9.17, 15) is 10.1 Å². The van der Waals surface area contributed by atoms with Crippen molar-refractivity contribution in [2.24, 2.45) is 0 Å². The third-order valence-electron chi connectivity index (χ3n) is 3.61. The lowest BCUT2D eigenvalue weighted by Gasteiger charge is -2.12. The predicted octanol–water partition coefficient (Wildman–Crippen LogP) is 4.59. The molecule has 3 aromatic rings. The van der Waals surface area contributed by atoms with Gasteiger partial charge >= 0.3 is 0 Å². The zero-order valence-electron chi connectivity index (χ0n) is 13.3. The molecule has 7 heteroatoms. The molecule has 3 rings (SSSR count). The molecule has 1 unspecified atom stereocenters. The van der Waals surface area contributed by atoms with Gasteiger partial charge in [-0.2, -0.15) is 0 Å². The van der Waals surface area contributed by atoms with Crippen LogP contribution in [-0.4, -0.2) is 14.9 Å². The smallest absolute Gasteiger partial charge is 0.290 e. The predicted molar refractivity (Wildman–Crippen MR) is 95.2 cm³/mol. The molecular formula is C17H16N4O2S. The summed E-state index contributed by atoms with van der Waals surface area (Å²) in [5.41, 5.74) is 2.62. The first-order chi connectivity index (χ1) is 11.5. The fourth-order valence-corrected chi connectivity index (χ4v) is 3.17. The molecule has 0 saturated carbocycles. The average Bonchev–Trinajstić information content (AvgIpc) is 3.05. The third kappa shape index (κ3) is 3.41. The summed E-state index contributed by atoms with van der Waals surface area (Å²) >= 11 is 1.57. The summed E-state index contributed by atoms with van der Waals surface area (Å²) in [6, 6.07) is 11.6. The number of nitrogens with one attached hydrogen (secondary N) is 1. The van der Waals surface area contributed by atoms with E-state index in [0.29, 0.717) is 11.4 Å². The van der Waals surface area contributed by atoms with Gasteiger partial charge in [0.2, 0.25) is 0 Å². The lowest BCUT2D eigenvalue weighted by molar-refractivity contribution is -0.385. The Kier molecular flexibility index (Phi) is 4.52. The molecule has 122 valence electrons. The second kappa shape index (κ2) is 6.76. The SMILES string of the molecule is Cc1cc(NC(C)c2nc(-c3ccccc3)cs2)ncc1[N+](=O)[O-]. The molecule has 2 heterocycles. The van der Waals surface area contributed by atoms with Crippen molar-refractivity contribution in [2.45, 2.75) is 19.9 Å². The summed E-state index contributed by atoms with van der Waals surface area (Å²) in [5.74, 6) is 0.599. The Labute approximate surface area is 143 Å². The quantitative estimate of drug-likeness (QED) is 0.542. The summed E-state index contributed by atoms with van der Waals surface area (Å²) in [4.78, 5) is 19.2. The number of hydrogen-bond acceptors (Lipinski definition) is 6. The second-order valence-corrected chi connectivity index (χ2v) is 6.31. The van der Waals surface area contributed by atoms with Crippen LogP contribution in [0.3, 0.4) is 0 Å². The van der Waals surface area contributed by atoms with Gasteiger partial charge in [0, 0.05) is 16.5 Å². The van der Waals surface area contributed by atoms with Gasteiger partial charge in [0.1, 0.15) is 17.0 Å². The highest BCUT2D eigenvalue weighted by Crippen LogP contribution is 2.28. The Morgan fingerprint density at radius 1 is 1.29 bits per heavy atom. The average molecular weight is 340 g/mol. The Morgan fingerprint density at radius 2 is 2.04 bits per heavy atom. The molecule has 0 aliphatic carbocycles. The van der Waals surface area contributed by atoms with Crippen LogP contribution < -0.4 is 5.32 Å². The molecule has 0 amide bonds. The van der Waals surface area contributed by atoms with Gasteiger partial charge in [0.05, 0.1) is 16.7 Å². The van der Waals surface area contributed by atoms with Gasteiger partial charge < -0.3 is 5.32 Å². The van der Waals surface area contributed by atoms with Crippen molar-refractivity contribution in [3.63, 3.8) is 0 Å². The van der Waals surface area contributed by atoms with E-state index in [1.807, 2.05) is 42.6 Å². The molecular weight excluding hydrogens is 324 g/mol. The first-order valence-electron chi connectivity index (χ1n) is 7.43. The molecule has 0 aliphatic heterocycles. The molecule has 1 atom stereocenters. The van der Waals surface area contributed by atoms with Gasteiger partial charge in [0.25, 0.3) is 5.69 Å². The van der Waals surface area contributed by atoms with Crippen molar-refractivity contribution >= 4 is 22.8 Å². The molecule has 0 saturated heterocycles. The van der Waals surface area contributed by atoms with Crippen molar-refractivity contribution in [1.29, 1.82) is 0 Å². The van der Waals surface area contributed by atoms with E-state index in [2.05, 4.69) is 15.3 Å². The van der Waals surface area contributed by atoms with Gasteiger partial charge in [0.15, 0.2) is 0 Å². The summed E-state index contributed by atoms with van der Waals surface area (Å²) < 4.78 is 0. The maximum Gasteiger partial charge on any atom is 0.290 e. The lowest BCUT2D eigenvalue weighted by Crippen LogP contribution is -2.08. The van der Waals surface area contributed by atoms with E-state index < -0.39 is 4.92 Å². The van der Waals surface area contributed by atoms with Gasteiger partial charge in [-0.3, -0.25) is 10.1 Å². The molecule has 1 N–H and O–H groups in total. The molecule has 0 fully saturated rings. The number of benzene rings is 1. The number of nitrogens with zero attached hydrogens (tertiary/aromatic N) is 3. The van der Waals surface area contributed by atoms with E-state index in [0.717, 1.165) is 16.3 Å². The fraction of sp³-hybridized carbons (Fsp3) is 0.176. The van der Waals surface area contributed by atoms with Crippen LogP contribution in [0.15, 0.2) is 48.0 Å². The summed E-state index contributed by atoms with van der Waals surface area (Å²) in [5, 5.41) is 17.1. The highest BCUT2D eigenvalue weighted by Gasteiger charge is 2.15. The number of pyridine rings is 1. The van der Waals surface area contributed by atoms with Crippen molar-refractivity contribution in [3.8, 4) is 11.3 Å². The standard InChI is InChI=1S/C17H16N4O2S/c1-11-8-16(18-9-15(11)21(22)23)19-12(2)17-20-14(10-24-17)13-6-4-3-5-7-13/h3-10,12H,1-2H3,(H,18,19). The van der Waals surface area contributed by atoms with Crippen LogP contribution in [0.1, 0.15) is 23.5 Å². The summed E-state index contributed by atoms with van der Waals surface area (Å²) in [6.07, 6.45) is 1.28. The van der Waals surface area contributed by atoms with E-state index in [4.69, 9.17) is 0 Å². The molecule has 2 aromatic heterocycles. The third-order valence-corrected chi connectivity index (χ3v) is 4.63. The Balaban J connectivity index is 1.76. The minimum absolute atomic E-state index is 0.0221. The normalized spacial score (nSPS) is 11.9. The topological polar surface area (TPSA) is 81.0 Å². The molecule has 1 aromatic carbocycles. The highest BCUT2D eigenvalue weighted by atomic mass is 32.1. The number of rotatable bonds is 5. The molecule has 24 heavy (non-hydrogen) atoms. The van der Waals surface area contributed by atoms with Crippen molar-refractivity contribution in [3.05, 3.63) is 68.7 Å². The van der Waals surface area contributed by atoms with Crippen LogP contribution in [0, 0.1) is 17.0 Å². The molecule has 0 aliphatic rings. The second-order valence-electron chi connectivity index (χ2n) is 5.42. The van der Waals surface area contributed by atoms with Crippen LogP contribution in [0.5, 0.6) is 0 Å². The molecule has 0 spiro atoms. The Bertz CT molecular complexity index is 864. The fourth-order valence-electron chi connectivity index (χ4n) is 2.33. The van der Waals surface area contributed by atoms with Gasteiger partial charge in [-0.1, -0.05) is 30.3 Å². The largest absolute Gasteiger partial charge is 0.361 e. The highest BCUT2D eigenvalue weighted by molar-refractivity contribution is 7.10. The van der Waals surface area contributed by atoms with Crippen LogP contribution in [0.25, 0.3) is 11.3 Å². The van der Waals surface area contributed by atoms with E-state index in [1.165, 1.54) is 6.20 Å². The van der Waals surface area contributed by atoms with Gasteiger partial charge in [-0.25, -0.2) is 9.97 Å². The maximum absolute atomic E-state index is 10.9. The number of aromatic nitrogens is 2. The van der Waals surface area contributed by atoms with Crippen molar-refractivity contribution < 1.29 is 4.92 Å². The Morgan fingerprint density at radius 3 is 2.71 bits per heavy atom. The molecule has 0 bridgehead atoms. The van der Waals surface area contributed by atoms with Crippen LogP contribution >= 0.6 is 11.3 Å². The number of hydrogen-bond donors (Lipinski definition) is 1. The maximum atomic E-state index is 10.9. The first-order valence-corrected chi connectivity index (χ1v) is 8.31. The minimum atomic E-state index is -0.428. The van der Waals surface area contributed by atoms with Gasteiger partial charge in [-0.05, 0) is 19.9 Å². The van der Waals surface area contributed by atoms with Crippen LogP contribution in [0.4, 0.5) is 11.5 Å². The van der Waals surface area contributed by atoms with Gasteiger partial charge in [-0.15, -0.1) is 11.3 Å². The lowest BCUT2D eigenvalue weighted by atomic mass is 10.2. The number of anilines is 1. The monoisotopic (exact) mass is 340 g/mol. The van der Waals surface area contributed by atoms with Crippen LogP contribution in [-0.2, 0) is 0 Å². The first kappa shape index (κ1) is 16.1. The van der Waals surface area contributed by atoms with E-state index in [1.54, 1.807) is 24.3 Å². The molecule has 6 nitrogen and oxygen atoms in total. The van der Waals surface area contributed by atoms with Crippen LogP contribution in [0.2, 0.25) is 0 Å².